The molecule has 3 aromatic rings. The third-order valence-corrected chi connectivity index (χ3v) is 10.0. The van der Waals surface area contributed by atoms with Crippen LogP contribution in [0, 0.1) is 5.41 Å². The maximum absolute atomic E-state index is 15.1. The van der Waals surface area contributed by atoms with Crippen molar-refractivity contribution < 1.29 is 33.4 Å². The Balaban J connectivity index is 1.73. The summed E-state index contributed by atoms with van der Waals surface area (Å²) in [6, 6.07) is 18.4. The van der Waals surface area contributed by atoms with Crippen LogP contribution in [-0.2, 0) is 43.4 Å². The van der Waals surface area contributed by atoms with E-state index in [1.807, 2.05) is 70.2 Å². The number of likely N-dealkylation sites (N-methyl/N-ethyl adjacent to an activating group) is 1. The summed E-state index contributed by atoms with van der Waals surface area (Å²) in [4.78, 5) is 73.2. The number of nitrogens with one attached hydrogen (secondary N) is 1. The van der Waals surface area contributed by atoms with Crippen molar-refractivity contribution in [3.8, 4) is 0 Å². The highest BCUT2D eigenvalue weighted by molar-refractivity contribution is 6.31. The number of amides is 4. The fraction of sp³-hybridized carbons (Fsp3) is 0.452. The standard InChI is InChI=1S/C42H53ClN4O7/c1-26(32-17-13-14-18-33(32)43)46(24-28-19-21-29(22-20-28)39(51)53-10)37(49)34-23-30-15-11-12-16-31(30)25-47(34)38(50)35(41(3,4)5)44-36(48)27(2)45(9)40(52)54-42(6,7)8/h11-22,26-27,34-35H,23-25H2,1-10H3,(H,44,48)/t26-,27+,34+,35-/m1/s1. The van der Waals surface area contributed by atoms with Gasteiger partial charge in [-0.3, -0.25) is 19.3 Å². The van der Waals surface area contributed by atoms with Crippen LogP contribution in [-0.4, -0.2) is 82.4 Å². The molecule has 1 aliphatic rings. The van der Waals surface area contributed by atoms with Crippen LogP contribution in [0.2, 0.25) is 5.02 Å². The molecule has 4 rings (SSSR count). The summed E-state index contributed by atoms with van der Waals surface area (Å²) in [5.74, 6) is -1.75. The van der Waals surface area contributed by atoms with Crippen LogP contribution in [0.25, 0.3) is 0 Å². The molecule has 0 fully saturated rings. The quantitative estimate of drug-likeness (QED) is 0.222. The van der Waals surface area contributed by atoms with E-state index in [1.165, 1.54) is 19.1 Å². The number of benzene rings is 3. The number of hydrogen-bond donors (Lipinski definition) is 1. The number of rotatable bonds is 10. The molecule has 54 heavy (non-hydrogen) atoms. The smallest absolute Gasteiger partial charge is 0.410 e. The van der Waals surface area contributed by atoms with Crippen molar-refractivity contribution in [3.63, 3.8) is 0 Å². The van der Waals surface area contributed by atoms with Gasteiger partial charge >= 0.3 is 12.1 Å². The second-order valence-electron chi connectivity index (χ2n) is 15.9. The van der Waals surface area contributed by atoms with Crippen molar-refractivity contribution >= 4 is 41.4 Å². The number of carbonyl (C=O) groups is 5. The first-order chi connectivity index (χ1) is 25.2. The normalized spacial score (nSPS) is 15.9. The molecule has 0 bridgehead atoms. The molecule has 1 heterocycles. The van der Waals surface area contributed by atoms with Gasteiger partial charge in [0.2, 0.25) is 17.7 Å². The first-order valence-corrected chi connectivity index (χ1v) is 18.5. The van der Waals surface area contributed by atoms with Crippen LogP contribution >= 0.6 is 11.6 Å². The first-order valence-electron chi connectivity index (χ1n) is 18.1. The van der Waals surface area contributed by atoms with Crippen LogP contribution in [0.1, 0.15) is 94.0 Å². The molecule has 0 saturated carbocycles. The van der Waals surface area contributed by atoms with Crippen molar-refractivity contribution in [1.29, 1.82) is 0 Å². The zero-order valence-corrected chi connectivity index (χ0v) is 33.7. The van der Waals surface area contributed by atoms with Gasteiger partial charge < -0.3 is 24.6 Å². The molecule has 11 nitrogen and oxygen atoms in total. The van der Waals surface area contributed by atoms with Gasteiger partial charge in [0, 0.05) is 31.6 Å². The van der Waals surface area contributed by atoms with Gasteiger partial charge in [0.15, 0.2) is 0 Å². The van der Waals surface area contributed by atoms with E-state index in [2.05, 4.69) is 5.32 Å². The average Bonchev–Trinajstić information content (AvgIpc) is 3.12. The topological polar surface area (TPSA) is 126 Å². The average molecular weight is 761 g/mol. The van der Waals surface area contributed by atoms with E-state index >= 15 is 4.79 Å². The van der Waals surface area contributed by atoms with Crippen LogP contribution < -0.4 is 5.32 Å². The van der Waals surface area contributed by atoms with Crippen LogP contribution in [0.5, 0.6) is 0 Å². The summed E-state index contributed by atoms with van der Waals surface area (Å²) in [6.07, 6.45) is -0.425. The number of esters is 1. The van der Waals surface area contributed by atoms with Crippen LogP contribution in [0.4, 0.5) is 4.79 Å². The number of hydrogen-bond acceptors (Lipinski definition) is 7. The lowest BCUT2D eigenvalue weighted by atomic mass is 9.84. The fourth-order valence-corrected chi connectivity index (χ4v) is 6.65. The Morgan fingerprint density at radius 3 is 2.06 bits per heavy atom. The largest absolute Gasteiger partial charge is 0.465 e. The third kappa shape index (κ3) is 9.99. The van der Waals surface area contributed by atoms with E-state index in [4.69, 9.17) is 21.1 Å². The molecule has 1 aliphatic heterocycles. The molecular formula is C42H53ClN4O7. The monoisotopic (exact) mass is 760 g/mol. The van der Waals surface area contributed by atoms with Crippen molar-refractivity contribution in [1.82, 2.24) is 20.0 Å². The fourth-order valence-electron chi connectivity index (χ4n) is 6.36. The van der Waals surface area contributed by atoms with E-state index in [-0.39, 0.29) is 25.4 Å². The molecule has 0 unspecified atom stereocenters. The molecule has 290 valence electrons. The van der Waals surface area contributed by atoms with E-state index in [9.17, 15) is 19.2 Å². The Kier molecular flexibility index (Phi) is 13.2. The molecule has 0 aromatic heterocycles. The van der Waals surface area contributed by atoms with Crippen molar-refractivity contribution in [2.75, 3.05) is 14.2 Å². The zero-order valence-electron chi connectivity index (χ0n) is 32.9. The maximum Gasteiger partial charge on any atom is 0.410 e. The predicted molar refractivity (Wildman–Crippen MR) is 208 cm³/mol. The third-order valence-electron chi connectivity index (χ3n) is 9.69. The SMILES string of the molecule is COC(=O)c1ccc(CN(C(=O)[C@@H]2Cc3ccccc3CN2C(=O)[C@@H](NC(=O)[C@H](C)N(C)C(=O)OC(C)(C)C)C(C)(C)C)[C@H](C)c2ccccc2Cl)cc1. The van der Waals surface area contributed by atoms with Gasteiger partial charge in [-0.1, -0.05) is 87.0 Å². The number of fused-ring (bicyclic) bond motifs is 1. The van der Waals surface area contributed by atoms with Crippen molar-refractivity contribution in [3.05, 3.63) is 106 Å². The zero-order chi connectivity index (χ0) is 40.1. The lowest BCUT2D eigenvalue weighted by molar-refractivity contribution is -0.152. The molecule has 1 N–H and O–H groups in total. The van der Waals surface area contributed by atoms with Gasteiger partial charge in [0.25, 0.3) is 0 Å². The minimum atomic E-state index is -1.06. The van der Waals surface area contributed by atoms with Gasteiger partial charge in [0.1, 0.15) is 23.7 Å². The van der Waals surface area contributed by atoms with Gasteiger partial charge in [-0.05, 0) is 80.5 Å². The summed E-state index contributed by atoms with van der Waals surface area (Å²) in [5, 5.41) is 3.41. The minimum absolute atomic E-state index is 0.142. The van der Waals surface area contributed by atoms with E-state index in [0.717, 1.165) is 22.3 Å². The molecule has 0 radical (unpaired) electrons. The van der Waals surface area contributed by atoms with Gasteiger partial charge in [0.05, 0.1) is 18.7 Å². The number of ether oxygens (including phenoxy) is 2. The molecule has 4 amide bonds. The molecule has 0 aliphatic carbocycles. The molecule has 3 aromatic carbocycles. The summed E-state index contributed by atoms with van der Waals surface area (Å²) in [5.41, 5.74) is 2.16. The second kappa shape index (κ2) is 17.1. The number of nitrogens with zero attached hydrogens (tertiary/aromatic N) is 3. The van der Waals surface area contributed by atoms with Gasteiger partial charge in [-0.15, -0.1) is 0 Å². The van der Waals surface area contributed by atoms with E-state index < -0.39 is 59.1 Å². The number of halogens is 1. The lowest BCUT2D eigenvalue weighted by Crippen LogP contribution is -2.62. The Morgan fingerprint density at radius 2 is 1.48 bits per heavy atom. The summed E-state index contributed by atoms with van der Waals surface area (Å²) in [6.45, 7) is 14.5. The Labute approximate surface area is 323 Å². The molecule has 12 heteroatoms. The Morgan fingerprint density at radius 1 is 0.889 bits per heavy atom. The minimum Gasteiger partial charge on any atom is -0.465 e. The van der Waals surface area contributed by atoms with Crippen molar-refractivity contribution in [2.45, 2.75) is 105 Å². The van der Waals surface area contributed by atoms with Gasteiger partial charge in [-0.2, -0.15) is 0 Å². The molecule has 4 atom stereocenters. The Hall–Kier alpha value is -4.90. The van der Waals surface area contributed by atoms with E-state index in [1.54, 1.807) is 67.8 Å². The summed E-state index contributed by atoms with van der Waals surface area (Å²) in [7, 11) is 2.79. The maximum atomic E-state index is 15.1. The molecule has 0 saturated heterocycles. The highest BCUT2D eigenvalue weighted by Crippen LogP contribution is 2.34. The van der Waals surface area contributed by atoms with E-state index in [0.29, 0.717) is 10.6 Å². The Bertz CT molecular complexity index is 1850. The number of carbonyl (C=O) groups excluding carboxylic acids is 5. The first kappa shape index (κ1) is 41.9. The molecular weight excluding hydrogens is 708 g/mol. The highest BCUT2D eigenvalue weighted by atomic mass is 35.5. The second-order valence-corrected chi connectivity index (χ2v) is 16.3. The summed E-state index contributed by atoms with van der Waals surface area (Å²) >= 11 is 6.69. The van der Waals surface area contributed by atoms with Crippen molar-refractivity contribution in [2.24, 2.45) is 5.41 Å². The predicted octanol–water partition coefficient (Wildman–Crippen LogP) is 6.96. The highest BCUT2D eigenvalue weighted by Gasteiger charge is 2.44. The van der Waals surface area contributed by atoms with Gasteiger partial charge in [-0.25, -0.2) is 9.59 Å². The lowest BCUT2D eigenvalue weighted by Gasteiger charge is -2.43. The van der Waals surface area contributed by atoms with Crippen LogP contribution in [0.15, 0.2) is 72.8 Å². The van der Waals surface area contributed by atoms with Crippen LogP contribution in [0.3, 0.4) is 0 Å². The molecule has 0 spiro atoms. The summed E-state index contributed by atoms with van der Waals surface area (Å²) < 4.78 is 10.3. The number of methoxy groups -OCH3 is 1.